The van der Waals surface area contributed by atoms with Gasteiger partial charge in [0.1, 0.15) is 12.4 Å². The zero-order chi connectivity index (χ0) is 19.9. The molecular formula is C18H15F4NO4. The van der Waals surface area contributed by atoms with Crippen LogP contribution in [0.3, 0.4) is 0 Å². The fraction of sp³-hybridized carbons (Fsp3) is 0.333. The lowest BCUT2D eigenvalue weighted by molar-refractivity contribution is -0.136. The average Bonchev–Trinajstić information content (AvgIpc) is 2.94. The van der Waals surface area contributed by atoms with E-state index in [1.165, 1.54) is 19.1 Å². The topological polar surface area (TPSA) is 64.6 Å². The zero-order valence-electron chi connectivity index (χ0n) is 14.4. The molecule has 0 saturated heterocycles. The third kappa shape index (κ3) is 3.41. The molecule has 0 spiro atoms. The molecule has 1 N–H and O–H groups in total. The lowest BCUT2D eigenvalue weighted by Crippen LogP contribution is -2.31. The molecule has 0 amide bonds. The van der Waals surface area contributed by atoms with Gasteiger partial charge in [0, 0.05) is 11.3 Å². The van der Waals surface area contributed by atoms with Gasteiger partial charge in [-0.1, -0.05) is 12.1 Å². The highest BCUT2D eigenvalue weighted by Gasteiger charge is 2.43. The second kappa shape index (κ2) is 6.71. The number of methoxy groups -OCH3 is 1. The van der Waals surface area contributed by atoms with Crippen molar-refractivity contribution in [2.24, 2.45) is 0 Å². The number of alkyl halides is 3. The summed E-state index contributed by atoms with van der Waals surface area (Å²) in [6.07, 6.45) is -6.22. The minimum Gasteiger partial charge on any atom is -0.466 e. The van der Waals surface area contributed by atoms with Crippen molar-refractivity contribution in [3.8, 4) is 0 Å². The van der Waals surface area contributed by atoms with Gasteiger partial charge in [-0.3, -0.25) is 0 Å². The highest BCUT2D eigenvalue weighted by molar-refractivity contribution is 6.01. The lowest BCUT2D eigenvalue weighted by atomic mass is 9.78. The first-order valence-electron chi connectivity index (χ1n) is 7.94. The van der Waals surface area contributed by atoms with Crippen LogP contribution >= 0.6 is 0 Å². The Labute approximate surface area is 151 Å². The highest BCUT2D eigenvalue weighted by Crippen LogP contribution is 2.43. The van der Waals surface area contributed by atoms with Crippen LogP contribution in [-0.2, 0) is 25.5 Å². The second-order valence-electron chi connectivity index (χ2n) is 6.16. The van der Waals surface area contributed by atoms with Crippen molar-refractivity contribution >= 4 is 11.9 Å². The van der Waals surface area contributed by atoms with E-state index in [4.69, 9.17) is 9.47 Å². The molecule has 144 valence electrons. The van der Waals surface area contributed by atoms with Crippen molar-refractivity contribution < 1.29 is 36.6 Å². The van der Waals surface area contributed by atoms with Gasteiger partial charge in [-0.05, 0) is 18.6 Å². The van der Waals surface area contributed by atoms with Gasteiger partial charge in [0.2, 0.25) is 0 Å². The molecule has 0 saturated carbocycles. The fourth-order valence-electron chi connectivity index (χ4n) is 3.39. The van der Waals surface area contributed by atoms with Crippen molar-refractivity contribution in [1.82, 2.24) is 5.32 Å². The Bertz CT molecular complexity index is 886. The number of carbonyl (C=O) groups excluding carboxylic acids is 2. The maximum Gasteiger partial charge on any atom is 0.393 e. The van der Waals surface area contributed by atoms with Crippen LogP contribution in [0.5, 0.6) is 0 Å². The Hall–Kier alpha value is -2.84. The highest BCUT2D eigenvalue weighted by atomic mass is 19.4. The van der Waals surface area contributed by atoms with Crippen molar-refractivity contribution in [1.29, 1.82) is 0 Å². The number of halogens is 4. The van der Waals surface area contributed by atoms with E-state index in [9.17, 15) is 27.2 Å². The molecule has 0 radical (unpaired) electrons. The first kappa shape index (κ1) is 18.9. The van der Waals surface area contributed by atoms with Gasteiger partial charge in [0.25, 0.3) is 0 Å². The van der Waals surface area contributed by atoms with Gasteiger partial charge in [-0.15, -0.1) is 0 Å². The largest absolute Gasteiger partial charge is 0.466 e. The van der Waals surface area contributed by atoms with Crippen molar-refractivity contribution in [2.45, 2.75) is 25.4 Å². The number of nitrogens with one attached hydrogen (secondary N) is 1. The number of rotatable bonds is 3. The molecule has 2 heterocycles. The van der Waals surface area contributed by atoms with Crippen LogP contribution in [0, 0.1) is 5.82 Å². The van der Waals surface area contributed by atoms with E-state index in [-0.39, 0.29) is 23.3 Å². The minimum atomic E-state index is -4.68. The molecule has 27 heavy (non-hydrogen) atoms. The molecule has 0 aliphatic carbocycles. The molecule has 2 aliphatic heterocycles. The summed E-state index contributed by atoms with van der Waals surface area (Å²) in [4.78, 5) is 24.6. The molecule has 1 aromatic rings. The quantitative estimate of drug-likeness (QED) is 0.640. The van der Waals surface area contributed by atoms with Gasteiger partial charge >= 0.3 is 18.1 Å². The molecule has 0 aromatic heterocycles. The zero-order valence-corrected chi connectivity index (χ0v) is 14.4. The molecule has 2 aliphatic rings. The summed E-state index contributed by atoms with van der Waals surface area (Å²) in [6, 6.07) is 3.41. The average molecular weight is 385 g/mol. The van der Waals surface area contributed by atoms with Crippen LogP contribution in [0.1, 0.15) is 24.0 Å². The Balaban J connectivity index is 2.25. The summed E-state index contributed by atoms with van der Waals surface area (Å²) >= 11 is 0. The molecule has 0 fully saturated rings. The predicted molar refractivity (Wildman–Crippen MR) is 84.7 cm³/mol. The molecule has 0 bridgehead atoms. The standard InChI is InChI=1S/C18H15F4NO4/c1-8-13(16(24)26-2)14(15-12(23-8)7-27-17(15)25)9-4-3-5-11(19)10(9)6-18(20,21)22/h3-5,14,23H,6-7H2,1-2H3/t14-/m1/s1. The number of carbonyl (C=O) groups is 2. The summed E-state index contributed by atoms with van der Waals surface area (Å²) in [5.41, 5.74) is -0.208. The number of dihydropyridines is 1. The molecule has 5 nitrogen and oxygen atoms in total. The van der Waals surface area contributed by atoms with Gasteiger partial charge in [-0.2, -0.15) is 13.2 Å². The monoisotopic (exact) mass is 385 g/mol. The number of hydrogen-bond acceptors (Lipinski definition) is 5. The normalized spacial score (nSPS) is 19.6. The number of hydrogen-bond donors (Lipinski definition) is 1. The Kier molecular flexibility index (Phi) is 4.71. The Morgan fingerprint density at radius 1 is 1.37 bits per heavy atom. The van der Waals surface area contributed by atoms with Crippen LogP contribution in [0.25, 0.3) is 0 Å². The van der Waals surface area contributed by atoms with E-state index in [1.807, 2.05) is 0 Å². The SMILES string of the molecule is COC(=O)C1=C(C)NC2=C(C(=O)OC2)[C@@H]1c1cccc(F)c1CC(F)(F)F. The second-order valence-corrected chi connectivity index (χ2v) is 6.16. The maximum absolute atomic E-state index is 14.3. The third-order valence-electron chi connectivity index (χ3n) is 4.46. The summed E-state index contributed by atoms with van der Waals surface area (Å²) < 4.78 is 63.1. The van der Waals surface area contributed by atoms with Crippen LogP contribution < -0.4 is 5.32 Å². The predicted octanol–water partition coefficient (Wildman–Crippen LogP) is 2.88. The van der Waals surface area contributed by atoms with Gasteiger partial charge in [0.15, 0.2) is 0 Å². The van der Waals surface area contributed by atoms with E-state index < -0.39 is 41.8 Å². The molecule has 9 heteroatoms. The van der Waals surface area contributed by atoms with Crippen molar-refractivity contribution in [2.75, 3.05) is 13.7 Å². The molecule has 3 rings (SSSR count). The van der Waals surface area contributed by atoms with E-state index in [2.05, 4.69) is 5.32 Å². The summed E-state index contributed by atoms with van der Waals surface area (Å²) in [5, 5.41) is 2.85. The number of ether oxygens (including phenoxy) is 2. The van der Waals surface area contributed by atoms with Gasteiger partial charge in [0.05, 0.1) is 36.3 Å². The van der Waals surface area contributed by atoms with Crippen LogP contribution in [0.15, 0.2) is 40.7 Å². The molecule has 0 unspecified atom stereocenters. The Morgan fingerprint density at radius 2 is 2.07 bits per heavy atom. The maximum atomic E-state index is 14.3. The number of esters is 2. The summed E-state index contributed by atoms with van der Waals surface area (Å²) in [6.45, 7) is 1.41. The summed E-state index contributed by atoms with van der Waals surface area (Å²) in [7, 11) is 1.11. The van der Waals surface area contributed by atoms with E-state index >= 15 is 0 Å². The van der Waals surface area contributed by atoms with Crippen LogP contribution in [0.4, 0.5) is 17.6 Å². The van der Waals surface area contributed by atoms with Crippen molar-refractivity contribution in [3.63, 3.8) is 0 Å². The first-order valence-corrected chi connectivity index (χ1v) is 7.94. The fourth-order valence-corrected chi connectivity index (χ4v) is 3.39. The van der Waals surface area contributed by atoms with E-state index in [0.29, 0.717) is 11.4 Å². The Morgan fingerprint density at radius 3 is 2.70 bits per heavy atom. The van der Waals surface area contributed by atoms with Crippen molar-refractivity contribution in [3.05, 3.63) is 57.7 Å². The number of allylic oxidation sites excluding steroid dienone is 1. The van der Waals surface area contributed by atoms with Gasteiger partial charge < -0.3 is 14.8 Å². The number of cyclic esters (lactones) is 1. The first-order chi connectivity index (χ1) is 12.6. The number of benzene rings is 1. The molecular weight excluding hydrogens is 370 g/mol. The van der Waals surface area contributed by atoms with Gasteiger partial charge in [-0.25, -0.2) is 14.0 Å². The third-order valence-corrected chi connectivity index (χ3v) is 4.46. The summed E-state index contributed by atoms with van der Waals surface area (Å²) in [5.74, 6) is -3.91. The minimum absolute atomic E-state index is 0.0185. The van der Waals surface area contributed by atoms with E-state index in [0.717, 1.165) is 13.2 Å². The lowest BCUT2D eigenvalue weighted by Gasteiger charge is -2.29. The van der Waals surface area contributed by atoms with Crippen LogP contribution in [0.2, 0.25) is 0 Å². The van der Waals surface area contributed by atoms with Crippen LogP contribution in [-0.4, -0.2) is 31.8 Å². The smallest absolute Gasteiger partial charge is 0.393 e. The molecule has 1 atom stereocenters. The molecule has 1 aromatic carbocycles. The van der Waals surface area contributed by atoms with E-state index in [1.54, 1.807) is 0 Å².